The van der Waals surface area contributed by atoms with E-state index in [4.69, 9.17) is 21.1 Å². The first-order valence-corrected chi connectivity index (χ1v) is 16.5. The number of methoxy groups -OCH3 is 2. The van der Waals surface area contributed by atoms with Crippen LogP contribution in [0.25, 0.3) is 0 Å². The summed E-state index contributed by atoms with van der Waals surface area (Å²) >= 11 is 6.66. The maximum absolute atomic E-state index is 13.6. The molecule has 0 bridgehead atoms. The minimum Gasteiger partial charge on any atom is -0.497 e. The second kappa shape index (κ2) is 13.8. The molecule has 1 aliphatic heterocycles. The van der Waals surface area contributed by atoms with E-state index in [0.717, 1.165) is 60.1 Å². The van der Waals surface area contributed by atoms with E-state index in [1.807, 2.05) is 43.3 Å². The Kier molecular flexibility index (Phi) is 9.57. The van der Waals surface area contributed by atoms with Crippen molar-refractivity contribution in [2.45, 2.75) is 64.5 Å². The van der Waals surface area contributed by atoms with E-state index < -0.39 is 0 Å². The molecule has 1 saturated carbocycles. The zero-order chi connectivity index (χ0) is 32.3. The van der Waals surface area contributed by atoms with Gasteiger partial charge in [-0.15, -0.1) is 0 Å². The lowest BCUT2D eigenvalue weighted by atomic mass is 9.73. The number of benzene rings is 2. The van der Waals surface area contributed by atoms with E-state index in [1.165, 1.54) is 24.8 Å². The van der Waals surface area contributed by atoms with Gasteiger partial charge in [0.2, 0.25) is 5.78 Å². The number of carbonyl (C=O) groups is 1. The normalized spacial score (nSPS) is 18.0. The van der Waals surface area contributed by atoms with E-state index in [2.05, 4.69) is 44.2 Å². The Labute approximate surface area is 276 Å². The number of nitrogens with zero attached hydrogens (tertiary/aromatic N) is 4. The summed E-state index contributed by atoms with van der Waals surface area (Å²) in [5.74, 6) is 2.15. The van der Waals surface area contributed by atoms with Crippen LogP contribution in [0, 0.1) is 12.3 Å². The highest BCUT2D eigenvalue weighted by molar-refractivity contribution is 6.33. The molecule has 6 rings (SSSR count). The summed E-state index contributed by atoms with van der Waals surface area (Å²) < 4.78 is 10.6. The Bertz CT molecular complexity index is 1670. The monoisotopic (exact) mass is 639 g/mol. The lowest BCUT2D eigenvalue weighted by Crippen LogP contribution is -2.49. The lowest BCUT2D eigenvalue weighted by Gasteiger charge is -2.44. The van der Waals surface area contributed by atoms with Crippen LogP contribution >= 0.6 is 11.6 Å². The van der Waals surface area contributed by atoms with Crippen molar-refractivity contribution in [3.05, 3.63) is 106 Å². The van der Waals surface area contributed by atoms with Crippen LogP contribution in [0.15, 0.2) is 67.0 Å². The Morgan fingerprint density at radius 3 is 2.33 bits per heavy atom. The van der Waals surface area contributed by atoms with Gasteiger partial charge >= 0.3 is 0 Å². The minimum atomic E-state index is -0.247. The smallest absolute Gasteiger partial charge is 0.214 e. The molecule has 240 valence electrons. The van der Waals surface area contributed by atoms with E-state index in [0.29, 0.717) is 18.0 Å². The zero-order valence-corrected chi connectivity index (χ0v) is 27.8. The fraction of sp³-hybridized carbons (Fsp3) is 0.405. The summed E-state index contributed by atoms with van der Waals surface area (Å²) in [6.07, 6.45) is 9.79. The van der Waals surface area contributed by atoms with Crippen LogP contribution in [-0.4, -0.2) is 54.1 Å². The summed E-state index contributed by atoms with van der Waals surface area (Å²) in [6, 6.07) is 18.7. The van der Waals surface area contributed by atoms with Gasteiger partial charge in [-0.2, -0.15) is 0 Å². The van der Waals surface area contributed by atoms with Crippen molar-refractivity contribution in [3.63, 3.8) is 0 Å². The molecule has 1 aliphatic carbocycles. The van der Waals surface area contributed by atoms with Crippen molar-refractivity contribution >= 4 is 23.2 Å². The molecule has 2 fully saturated rings. The number of halogens is 1. The van der Waals surface area contributed by atoms with Crippen LogP contribution in [0.5, 0.6) is 11.5 Å². The predicted molar refractivity (Wildman–Crippen MR) is 181 cm³/mol. The minimum absolute atomic E-state index is 0.129. The fourth-order valence-corrected chi connectivity index (χ4v) is 7.42. The number of hydrogen-bond donors (Lipinski definition) is 1. The third-order valence-corrected chi connectivity index (χ3v) is 10.3. The van der Waals surface area contributed by atoms with E-state index in [9.17, 15) is 4.79 Å². The molecule has 1 spiro atoms. The first-order chi connectivity index (χ1) is 22.3. The van der Waals surface area contributed by atoms with E-state index >= 15 is 0 Å². The van der Waals surface area contributed by atoms with Crippen molar-refractivity contribution in [2.24, 2.45) is 5.41 Å². The zero-order valence-electron chi connectivity index (χ0n) is 27.1. The lowest BCUT2D eigenvalue weighted by molar-refractivity contribution is 0.103. The number of carbonyl (C=O) groups excluding carboxylic acids is 1. The van der Waals surface area contributed by atoms with E-state index in [1.54, 1.807) is 32.7 Å². The molecule has 9 heteroatoms. The first-order valence-electron chi connectivity index (χ1n) is 16.1. The third-order valence-electron chi connectivity index (χ3n) is 10.1. The highest BCUT2D eigenvalue weighted by Gasteiger charge is 2.45. The van der Waals surface area contributed by atoms with Gasteiger partial charge in [0.1, 0.15) is 23.0 Å². The third kappa shape index (κ3) is 6.60. The number of hydrogen-bond acceptors (Lipinski definition) is 8. The molecule has 0 unspecified atom stereocenters. The van der Waals surface area contributed by atoms with Gasteiger partial charge in [-0.3, -0.25) is 9.78 Å². The number of aromatic nitrogens is 3. The molecule has 8 nitrogen and oxygen atoms in total. The molecular formula is C37H42ClN5O3. The van der Waals surface area contributed by atoms with Gasteiger partial charge < -0.3 is 19.7 Å². The summed E-state index contributed by atoms with van der Waals surface area (Å²) in [6.45, 7) is 5.93. The quantitative estimate of drug-likeness (QED) is 0.183. The Morgan fingerprint density at radius 2 is 1.67 bits per heavy atom. The molecule has 2 aromatic carbocycles. The van der Waals surface area contributed by atoms with Crippen LogP contribution in [0.1, 0.15) is 83.5 Å². The van der Waals surface area contributed by atoms with Gasteiger partial charge in [-0.1, -0.05) is 42.3 Å². The largest absolute Gasteiger partial charge is 0.497 e. The molecule has 1 saturated heterocycles. The van der Waals surface area contributed by atoms with Crippen LogP contribution < -0.4 is 19.7 Å². The van der Waals surface area contributed by atoms with Gasteiger partial charge in [0.15, 0.2) is 5.15 Å². The highest BCUT2D eigenvalue weighted by Crippen LogP contribution is 2.47. The molecule has 46 heavy (non-hydrogen) atoms. The molecule has 0 amide bonds. The van der Waals surface area contributed by atoms with Crippen LogP contribution in [0.2, 0.25) is 5.15 Å². The molecule has 3 heterocycles. The molecule has 2 aromatic heterocycles. The van der Waals surface area contributed by atoms with Gasteiger partial charge in [0.25, 0.3) is 0 Å². The van der Waals surface area contributed by atoms with Crippen molar-refractivity contribution in [3.8, 4) is 11.5 Å². The summed E-state index contributed by atoms with van der Waals surface area (Å²) in [4.78, 5) is 29.7. The Balaban J connectivity index is 1.11. The van der Waals surface area contributed by atoms with Gasteiger partial charge in [-0.25, -0.2) is 9.97 Å². The van der Waals surface area contributed by atoms with E-state index in [-0.39, 0.29) is 28.1 Å². The topological polar surface area (TPSA) is 89.5 Å². The average molecular weight is 640 g/mol. The first kappa shape index (κ1) is 32.0. The highest BCUT2D eigenvalue weighted by atomic mass is 35.5. The fourth-order valence-electron chi connectivity index (χ4n) is 7.20. The molecule has 4 aromatic rings. The van der Waals surface area contributed by atoms with Gasteiger partial charge in [0.05, 0.1) is 20.4 Å². The number of ether oxygens (including phenoxy) is 2. The number of pyridine rings is 1. The Morgan fingerprint density at radius 1 is 1.00 bits per heavy atom. The second-order valence-electron chi connectivity index (χ2n) is 12.6. The number of nitrogens with one attached hydrogen (secondary N) is 1. The van der Waals surface area contributed by atoms with Crippen molar-refractivity contribution in [1.29, 1.82) is 0 Å². The van der Waals surface area contributed by atoms with Crippen molar-refractivity contribution < 1.29 is 14.3 Å². The summed E-state index contributed by atoms with van der Waals surface area (Å²) in [5.41, 5.74) is 4.97. The van der Waals surface area contributed by atoms with Crippen molar-refractivity contribution in [1.82, 2.24) is 20.3 Å². The average Bonchev–Trinajstić information content (AvgIpc) is 3.46. The van der Waals surface area contributed by atoms with Crippen molar-refractivity contribution in [2.75, 3.05) is 32.2 Å². The van der Waals surface area contributed by atoms with Crippen LogP contribution in [-0.2, 0) is 6.42 Å². The van der Waals surface area contributed by atoms with Gasteiger partial charge in [-0.05, 0) is 92.0 Å². The van der Waals surface area contributed by atoms with Crippen LogP contribution in [0.4, 0.5) is 5.82 Å². The molecule has 2 atom stereocenters. The molecule has 2 aliphatic rings. The summed E-state index contributed by atoms with van der Waals surface area (Å²) in [5, 5.41) is 4.09. The number of ketones is 1. The number of rotatable bonds is 10. The molecule has 1 N–H and O–H groups in total. The SMILES string of the molecule is COc1ccc(Cc2nccc(C(=O)c3ncc(N4CCC5(CCC[C@H]5N[C@H](C)c5ccc(OC)cc5)CC4)nc3Cl)c2C)cc1. The number of anilines is 1. The Hall–Kier alpha value is -4.01. The molecular weight excluding hydrogens is 598 g/mol. The van der Waals surface area contributed by atoms with Crippen LogP contribution in [0.3, 0.4) is 0 Å². The maximum Gasteiger partial charge on any atom is 0.214 e. The number of piperidine rings is 1. The summed E-state index contributed by atoms with van der Waals surface area (Å²) in [7, 11) is 3.34. The molecule has 0 radical (unpaired) electrons. The maximum atomic E-state index is 13.6. The second-order valence-corrected chi connectivity index (χ2v) is 13.0. The predicted octanol–water partition coefficient (Wildman–Crippen LogP) is 7.16. The van der Waals surface area contributed by atoms with Gasteiger partial charge in [0, 0.05) is 49.0 Å². The standard InChI is InChI=1S/C37H42ClN5O3/c1-24-30(15-19-39-31(24)22-26-7-11-28(45-3)12-8-26)35(44)34-36(38)42-33(23-40-34)43-20-17-37(18-21-43)16-5-6-32(37)41-25(2)27-9-13-29(46-4)14-10-27/h7-15,19,23,25,32,41H,5-6,16-18,20-22H2,1-4H3/t25-,32-/m1/s1.